The Labute approximate surface area is 104 Å². The Kier molecular flexibility index (Phi) is 4.19. The minimum Gasteiger partial charge on any atom is -0.391 e. The molecule has 1 aliphatic rings. The highest BCUT2D eigenvalue weighted by atomic mass is 16.3. The molecule has 4 unspecified atom stereocenters. The Hall–Kier alpha value is -0.860. The van der Waals surface area contributed by atoms with Crippen LogP contribution in [0.1, 0.15) is 44.2 Å². The molecule has 3 N–H and O–H groups in total. The molecule has 1 aromatic rings. The van der Waals surface area contributed by atoms with Gasteiger partial charge in [0, 0.05) is 0 Å². The number of aliphatic hydroxyl groups is 1. The van der Waals surface area contributed by atoms with Crippen LogP contribution in [0.5, 0.6) is 0 Å². The first-order chi connectivity index (χ1) is 8.18. The van der Waals surface area contributed by atoms with Crippen LogP contribution in [0.25, 0.3) is 0 Å². The van der Waals surface area contributed by atoms with E-state index in [2.05, 4.69) is 6.92 Å². The Balaban J connectivity index is 2.01. The Bertz CT molecular complexity index is 338. The smallest absolute Gasteiger partial charge is 0.0760 e. The number of hydrogen-bond acceptors (Lipinski definition) is 2. The lowest BCUT2D eigenvalue weighted by Gasteiger charge is -2.33. The maximum Gasteiger partial charge on any atom is 0.0760 e. The molecule has 1 fully saturated rings. The first-order valence-corrected chi connectivity index (χ1v) is 6.67. The van der Waals surface area contributed by atoms with Crippen molar-refractivity contribution < 1.29 is 5.11 Å². The van der Waals surface area contributed by atoms with Gasteiger partial charge in [-0.05, 0) is 30.2 Å². The van der Waals surface area contributed by atoms with Crippen molar-refractivity contribution in [3.63, 3.8) is 0 Å². The lowest BCUT2D eigenvalue weighted by Crippen LogP contribution is -2.35. The topological polar surface area (TPSA) is 46.2 Å². The number of rotatable bonds is 3. The summed E-state index contributed by atoms with van der Waals surface area (Å²) in [6, 6.07) is 9.69. The van der Waals surface area contributed by atoms with Crippen molar-refractivity contribution in [2.24, 2.45) is 17.6 Å². The molecule has 17 heavy (non-hydrogen) atoms. The summed E-state index contributed by atoms with van der Waals surface area (Å²) in [5, 5.41) is 10.4. The van der Waals surface area contributed by atoms with Gasteiger partial charge in [-0.2, -0.15) is 0 Å². The summed E-state index contributed by atoms with van der Waals surface area (Å²) in [6.07, 6.45) is 4.35. The summed E-state index contributed by atoms with van der Waals surface area (Å²) in [5.74, 6) is 1.10. The highest BCUT2D eigenvalue weighted by molar-refractivity contribution is 5.19. The monoisotopic (exact) mass is 233 g/mol. The molecule has 0 heterocycles. The van der Waals surface area contributed by atoms with Gasteiger partial charge in [0.1, 0.15) is 0 Å². The van der Waals surface area contributed by atoms with Gasteiger partial charge in [-0.25, -0.2) is 0 Å². The van der Waals surface area contributed by atoms with Crippen LogP contribution >= 0.6 is 0 Å². The average molecular weight is 233 g/mol. The largest absolute Gasteiger partial charge is 0.391 e. The molecular weight excluding hydrogens is 210 g/mol. The molecule has 4 atom stereocenters. The quantitative estimate of drug-likeness (QED) is 0.843. The number of nitrogens with two attached hydrogens (primary N) is 1. The molecule has 2 rings (SSSR count). The van der Waals surface area contributed by atoms with E-state index >= 15 is 0 Å². The van der Waals surface area contributed by atoms with E-state index in [1.807, 2.05) is 30.3 Å². The van der Waals surface area contributed by atoms with E-state index in [1.165, 1.54) is 12.8 Å². The maximum absolute atomic E-state index is 10.4. The van der Waals surface area contributed by atoms with Crippen LogP contribution in [-0.4, -0.2) is 11.2 Å². The zero-order valence-corrected chi connectivity index (χ0v) is 10.5. The SMILES string of the molecule is CC1CCCC(C(O)C(N)c2ccccc2)C1. The van der Waals surface area contributed by atoms with Crippen molar-refractivity contribution in [1.29, 1.82) is 0 Å². The minimum atomic E-state index is -0.403. The first kappa shape index (κ1) is 12.6. The first-order valence-electron chi connectivity index (χ1n) is 6.67. The number of hydrogen-bond donors (Lipinski definition) is 2. The third-order valence-electron chi connectivity index (χ3n) is 4.01. The predicted octanol–water partition coefficient (Wildman–Crippen LogP) is 2.87. The van der Waals surface area contributed by atoms with Gasteiger partial charge in [0.15, 0.2) is 0 Å². The molecule has 0 aromatic heterocycles. The van der Waals surface area contributed by atoms with Gasteiger partial charge in [-0.1, -0.05) is 50.1 Å². The van der Waals surface area contributed by atoms with E-state index in [0.29, 0.717) is 5.92 Å². The molecule has 1 aliphatic carbocycles. The van der Waals surface area contributed by atoms with Gasteiger partial charge < -0.3 is 10.8 Å². The fourth-order valence-corrected chi connectivity index (χ4v) is 2.96. The molecule has 2 heteroatoms. The summed E-state index contributed by atoms with van der Waals surface area (Å²) in [4.78, 5) is 0. The molecule has 0 spiro atoms. The fraction of sp³-hybridized carbons (Fsp3) is 0.600. The van der Waals surface area contributed by atoms with Crippen LogP contribution in [0.15, 0.2) is 30.3 Å². The zero-order chi connectivity index (χ0) is 12.3. The van der Waals surface area contributed by atoms with Crippen LogP contribution in [0.2, 0.25) is 0 Å². The lowest BCUT2D eigenvalue weighted by molar-refractivity contribution is 0.0506. The van der Waals surface area contributed by atoms with Gasteiger partial charge in [0.25, 0.3) is 0 Å². The van der Waals surface area contributed by atoms with Gasteiger partial charge in [-0.3, -0.25) is 0 Å². The summed E-state index contributed by atoms with van der Waals surface area (Å²) >= 11 is 0. The van der Waals surface area contributed by atoms with Crippen LogP contribution in [0, 0.1) is 11.8 Å². The normalized spacial score (nSPS) is 28.6. The van der Waals surface area contributed by atoms with E-state index in [-0.39, 0.29) is 6.04 Å². The second-order valence-electron chi connectivity index (χ2n) is 5.46. The highest BCUT2D eigenvalue weighted by Gasteiger charge is 2.29. The molecule has 0 bridgehead atoms. The maximum atomic E-state index is 10.4. The Morgan fingerprint density at radius 3 is 2.59 bits per heavy atom. The van der Waals surface area contributed by atoms with Gasteiger partial charge in [0.2, 0.25) is 0 Å². The van der Waals surface area contributed by atoms with Gasteiger partial charge in [0.05, 0.1) is 12.1 Å². The molecule has 1 aromatic carbocycles. The lowest BCUT2D eigenvalue weighted by atomic mass is 9.77. The standard InChI is InChI=1S/C15H23NO/c1-11-6-5-9-13(10-11)15(17)14(16)12-7-3-2-4-8-12/h2-4,7-8,11,13-15,17H,5-6,9-10,16H2,1H3. The van der Waals surface area contributed by atoms with E-state index in [4.69, 9.17) is 5.73 Å². The third-order valence-corrected chi connectivity index (χ3v) is 4.01. The summed E-state index contributed by atoms with van der Waals surface area (Å²) in [6.45, 7) is 2.27. The van der Waals surface area contributed by atoms with Crippen molar-refractivity contribution in [1.82, 2.24) is 0 Å². The average Bonchev–Trinajstić information content (AvgIpc) is 2.38. The number of aliphatic hydroxyl groups excluding tert-OH is 1. The van der Waals surface area contributed by atoms with Crippen molar-refractivity contribution in [3.8, 4) is 0 Å². The second-order valence-corrected chi connectivity index (χ2v) is 5.46. The van der Waals surface area contributed by atoms with E-state index in [0.717, 1.165) is 24.3 Å². The minimum absolute atomic E-state index is 0.244. The molecule has 0 amide bonds. The molecule has 0 saturated heterocycles. The van der Waals surface area contributed by atoms with E-state index in [9.17, 15) is 5.11 Å². The van der Waals surface area contributed by atoms with E-state index in [1.54, 1.807) is 0 Å². The molecule has 2 nitrogen and oxygen atoms in total. The molecule has 0 radical (unpaired) electrons. The van der Waals surface area contributed by atoms with E-state index < -0.39 is 6.10 Å². The third kappa shape index (κ3) is 3.08. The summed E-state index contributed by atoms with van der Waals surface area (Å²) in [7, 11) is 0. The van der Waals surface area contributed by atoms with Gasteiger partial charge in [-0.15, -0.1) is 0 Å². The van der Waals surface area contributed by atoms with Crippen LogP contribution in [0.3, 0.4) is 0 Å². The fourth-order valence-electron chi connectivity index (χ4n) is 2.96. The van der Waals surface area contributed by atoms with Crippen molar-refractivity contribution in [2.45, 2.75) is 44.8 Å². The predicted molar refractivity (Wildman–Crippen MR) is 70.5 cm³/mol. The van der Waals surface area contributed by atoms with Crippen LogP contribution < -0.4 is 5.73 Å². The van der Waals surface area contributed by atoms with Crippen molar-refractivity contribution in [2.75, 3.05) is 0 Å². The molecule has 0 aliphatic heterocycles. The van der Waals surface area contributed by atoms with Crippen LogP contribution in [-0.2, 0) is 0 Å². The zero-order valence-electron chi connectivity index (χ0n) is 10.5. The second kappa shape index (κ2) is 5.65. The van der Waals surface area contributed by atoms with Crippen LogP contribution in [0.4, 0.5) is 0 Å². The Morgan fingerprint density at radius 2 is 1.94 bits per heavy atom. The Morgan fingerprint density at radius 1 is 1.24 bits per heavy atom. The number of benzene rings is 1. The van der Waals surface area contributed by atoms with Crippen molar-refractivity contribution in [3.05, 3.63) is 35.9 Å². The molecular formula is C15H23NO. The highest BCUT2D eigenvalue weighted by Crippen LogP contribution is 2.34. The van der Waals surface area contributed by atoms with Gasteiger partial charge >= 0.3 is 0 Å². The van der Waals surface area contributed by atoms with Crippen molar-refractivity contribution >= 4 is 0 Å². The molecule has 94 valence electrons. The summed E-state index contributed by atoms with van der Waals surface area (Å²) < 4.78 is 0. The molecule has 1 saturated carbocycles. The summed E-state index contributed by atoms with van der Waals surface area (Å²) in [5.41, 5.74) is 7.20.